The number of quaternary nitrogens is 1. The Balaban J connectivity index is 2.25. The van der Waals surface area contributed by atoms with Crippen LogP contribution in [0.2, 0.25) is 10.0 Å². The second kappa shape index (κ2) is 8.72. The van der Waals surface area contributed by atoms with E-state index in [1.807, 2.05) is 0 Å². The molecule has 0 bridgehead atoms. The molecule has 1 amide bonds. The van der Waals surface area contributed by atoms with Crippen LogP contribution in [0.15, 0.2) is 46.9 Å². The van der Waals surface area contributed by atoms with Gasteiger partial charge < -0.3 is 10.1 Å². The van der Waals surface area contributed by atoms with Crippen LogP contribution in [0.3, 0.4) is 0 Å². The Hall–Kier alpha value is -1.32. The average molecular weight is 568 g/mol. The SMILES string of the molecule is CC(C)(C)[C@@H]1N(c2cc(Cl)cc(Cl)c2)C[C@@](C)(Cc2ccc(Br)cc2)[N+]1([O-])C(=O)C(F)(F)F. The first kappa shape index (κ1) is 26.3. The van der Waals surface area contributed by atoms with Gasteiger partial charge in [0, 0.05) is 32.0 Å². The van der Waals surface area contributed by atoms with Crippen molar-refractivity contribution in [2.45, 2.75) is 52.0 Å². The highest BCUT2D eigenvalue weighted by Crippen LogP contribution is 2.50. The van der Waals surface area contributed by atoms with E-state index >= 15 is 0 Å². The Labute approximate surface area is 209 Å². The van der Waals surface area contributed by atoms with Crippen LogP contribution in [0, 0.1) is 10.6 Å². The van der Waals surface area contributed by atoms with Crippen molar-refractivity contribution in [2.75, 3.05) is 11.4 Å². The van der Waals surface area contributed by atoms with E-state index in [1.54, 1.807) is 62.1 Å². The van der Waals surface area contributed by atoms with Gasteiger partial charge in [-0.1, -0.05) is 72.0 Å². The second-order valence-corrected chi connectivity index (χ2v) is 11.5. The summed E-state index contributed by atoms with van der Waals surface area (Å²) in [6, 6.07) is 11.5. The molecular weight excluding hydrogens is 544 g/mol. The third kappa shape index (κ3) is 4.91. The van der Waals surface area contributed by atoms with Crippen LogP contribution in [-0.2, 0) is 11.2 Å². The van der Waals surface area contributed by atoms with Crippen molar-refractivity contribution in [3.05, 3.63) is 67.8 Å². The van der Waals surface area contributed by atoms with Gasteiger partial charge in [0.05, 0.1) is 6.54 Å². The van der Waals surface area contributed by atoms with E-state index in [1.165, 1.54) is 13.0 Å². The van der Waals surface area contributed by atoms with E-state index in [2.05, 4.69) is 15.9 Å². The molecule has 3 rings (SSSR count). The molecule has 10 heteroatoms. The van der Waals surface area contributed by atoms with E-state index in [9.17, 15) is 23.2 Å². The summed E-state index contributed by atoms with van der Waals surface area (Å²) in [6.07, 6.45) is -6.72. The summed E-state index contributed by atoms with van der Waals surface area (Å²) in [5, 5.41) is 15.0. The van der Waals surface area contributed by atoms with Crippen molar-refractivity contribution in [3.63, 3.8) is 0 Å². The number of hydroxylamine groups is 3. The van der Waals surface area contributed by atoms with E-state index in [0.717, 1.165) is 4.47 Å². The molecule has 2 aromatic rings. The van der Waals surface area contributed by atoms with Gasteiger partial charge in [0.25, 0.3) is 0 Å². The molecule has 0 radical (unpaired) electrons. The number of alkyl halides is 3. The largest absolute Gasteiger partial charge is 0.623 e. The first-order valence-electron chi connectivity index (χ1n) is 10.2. The van der Waals surface area contributed by atoms with Crippen molar-refractivity contribution in [3.8, 4) is 0 Å². The van der Waals surface area contributed by atoms with Crippen LogP contribution in [0.4, 0.5) is 18.9 Å². The van der Waals surface area contributed by atoms with Crippen LogP contribution in [0.5, 0.6) is 0 Å². The first-order valence-corrected chi connectivity index (χ1v) is 11.7. The minimum absolute atomic E-state index is 0.0387. The molecule has 0 saturated carbocycles. The van der Waals surface area contributed by atoms with Crippen molar-refractivity contribution < 1.29 is 22.6 Å². The monoisotopic (exact) mass is 566 g/mol. The lowest BCUT2D eigenvalue weighted by atomic mass is 9.87. The summed E-state index contributed by atoms with van der Waals surface area (Å²) < 4.78 is 40.3. The molecule has 1 unspecified atom stereocenters. The molecule has 1 aliphatic rings. The molecule has 1 saturated heterocycles. The second-order valence-electron chi connectivity index (χ2n) is 9.76. The van der Waals surface area contributed by atoms with Gasteiger partial charge in [0.2, 0.25) is 0 Å². The molecule has 0 aromatic heterocycles. The van der Waals surface area contributed by atoms with Gasteiger partial charge in [-0.3, -0.25) is 4.65 Å². The number of carbonyl (C=O) groups is 1. The molecular formula is C23H24BrCl2F3N2O2. The van der Waals surface area contributed by atoms with Gasteiger partial charge in [-0.15, -0.1) is 0 Å². The van der Waals surface area contributed by atoms with Crippen LogP contribution >= 0.6 is 39.1 Å². The molecule has 2 aromatic carbocycles. The Morgan fingerprint density at radius 3 is 2.12 bits per heavy atom. The van der Waals surface area contributed by atoms with Gasteiger partial charge in [-0.2, -0.15) is 13.2 Å². The molecule has 180 valence electrons. The lowest BCUT2D eigenvalue weighted by molar-refractivity contribution is -0.877. The number of anilines is 1. The minimum atomic E-state index is -5.31. The maximum atomic E-state index is 14.5. The quantitative estimate of drug-likeness (QED) is 0.287. The summed E-state index contributed by atoms with van der Waals surface area (Å²) >= 11 is 15.7. The number of benzene rings is 2. The number of hydrogen-bond donors (Lipinski definition) is 0. The number of nitrogens with zero attached hydrogens (tertiary/aromatic N) is 2. The summed E-state index contributed by atoms with van der Waals surface area (Å²) in [7, 11) is 0. The number of carbonyl (C=O) groups excluding carboxylic acids is 1. The summed E-state index contributed by atoms with van der Waals surface area (Å²) in [5.41, 5.74) is -1.62. The topological polar surface area (TPSA) is 43.4 Å². The van der Waals surface area contributed by atoms with Crippen molar-refractivity contribution in [1.29, 1.82) is 0 Å². The third-order valence-electron chi connectivity index (χ3n) is 5.95. The Morgan fingerprint density at radius 2 is 1.67 bits per heavy atom. The minimum Gasteiger partial charge on any atom is -0.623 e. The molecule has 33 heavy (non-hydrogen) atoms. The Bertz CT molecular complexity index is 1040. The van der Waals surface area contributed by atoms with E-state index in [0.29, 0.717) is 11.3 Å². The molecule has 0 aliphatic carbocycles. The number of hydrogen-bond acceptors (Lipinski definition) is 3. The average Bonchev–Trinajstić information content (AvgIpc) is 2.90. The molecule has 1 fully saturated rings. The summed E-state index contributed by atoms with van der Waals surface area (Å²) in [4.78, 5) is 14.4. The van der Waals surface area contributed by atoms with E-state index in [-0.39, 0.29) is 23.0 Å². The van der Waals surface area contributed by atoms with Crippen molar-refractivity contribution >= 4 is 50.7 Å². The van der Waals surface area contributed by atoms with Gasteiger partial charge in [-0.05, 0) is 42.8 Å². The molecule has 0 spiro atoms. The predicted octanol–water partition coefficient (Wildman–Crippen LogP) is 7.35. The number of rotatable bonds is 3. The fourth-order valence-corrected chi connectivity index (χ4v) is 5.54. The predicted molar refractivity (Wildman–Crippen MR) is 128 cm³/mol. The van der Waals surface area contributed by atoms with Crippen LogP contribution in [0.25, 0.3) is 0 Å². The maximum absolute atomic E-state index is 14.5. The molecule has 4 nitrogen and oxygen atoms in total. The smallest absolute Gasteiger partial charge is 0.509 e. The summed E-state index contributed by atoms with van der Waals surface area (Å²) in [5.74, 6) is -2.32. The van der Waals surface area contributed by atoms with Crippen LogP contribution < -0.4 is 4.90 Å². The summed E-state index contributed by atoms with van der Waals surface area (Å²) in [6.45, 7) is 6.29. The maximum Gasteiger partial charge on any atom is 0.509 e. The lowest BCUT2D eigenvalue weighted by Gasteiger charge is -2.54. The zero-order chi connectivity index (χ0) is 25.0. The van der Waals surface area contributed by atoms with E-state index < -0.39 is 33.8 Å². The normalized spacial score (nSPS) is 26.0. The standard InChI is InChI=1S/C23H24BrCl2F3N2O2/c1-21(2,3)19-30(18-10-16(25)9-17(26)11-18)13-22(4,12-14-5-7-15(24)8-6-14)31(19,33)20(32)23(27,28)29/h5-11,19H,12-13H2,1-4H3/t19-,22-,31?/m1/s1. The van der Waals surface area contributed by atoms with Gasteiger partial charge in [0.15, 0.2) is 6.17 Å². The van der Waals surface area contributed by atoms with Crippen LogP contribution in [-0.4, -0.2) is 35.0 Å². The lowest BCUT2D eigenvalue weighted by Crippen LogP contribution is -2.70. The highest BCUT2D eigenvalue weighted by atomic mass is 79.9. The number of amides is 1. The molecule has 1 heterocycles. The third-order valence-corrected chi connectivity index (χ3v) is 6.91. The van der Waals surface area contributed by atoms with E-state index in [4.69, 9.17) is 23.2 Å². The number of halogens is 6. The van der Waals surface area contributed by atoms with Gasteiger partial charge in [-0.25, -0.2) is 4.79 Å². The van der Waals surface area contributed by atoms with Gasteiger partial charge in [0.1, 0.15) is 5.54 Å². The Morgan fingerprint density at radius 1 is 1.15 bits per heavy atom. The zero-order valence-corrected chi connectivity index (χ0v) is 21.6. The van der Waals surface area contributed by atoms with Crippen molar-refractivity contribution in [2.24, 2.45) is 5.41 Å². The molecule has 3 atom stereocenters. The first-order chi connectivity index (χ1) is 15.0. The molecule has 0 N–H and O–H groups in total. The van der Waals surface area contributed by atoms with Crippen molar-refractivity contribution in [1.82, 2.24) is 0 Å². The zero-order valence-electron chi connectivity index (χ0n) is 18.5. The highest BCUT2D eigenvalue weighted by Gasteiger charge is 2.68. The fourth-order valence-electron chi connectivity index (χ4n) is 4.76. The van der Waals surface area contributed by atoms with Gasteiger partial charge >= 0.3 is 12.1 Å². The highest BCUT2D eigenvalue weighted by molar-refractivity contribution is 9.10. The molecule has 1 aliphatic heterocycles. The Kier molecular flexibility index (Phi) is 6.94. The fraction of sp³-hybridized carbons (Fsp3) is 0.435. The van der Waals surface area contributed by atoms with Crippen LogP contribution in [0.1, 0.15) is 33.3 Å².